The van der Waals surface area contributed by atoms with Crippen LogP contribution in [0.25, 0.3) is 0 Å². The van der Waals surface area contributed by atoms with Crippen molar-refractivity contribution in [2.24, 2.45) is 0 Å². The lowest BCUT2D eigenvalue weighted by molar-refractivity contribution is -0.137. The molecule has 0 saturated carbocycles. The number of hydrogen-bond donors (Lipinski definition) is 2. The number of hydrogen-bond acceptors (Lipinski definition) is 9. The summed E-state index contributed by atoms with van der Waals surface area (Å²) in [5.41, 5.74) is 3.66. The van der Waals surface area contributed by atoms with Gasteiger partial charge < -0.3 is 25.0 Å². The van der Waals surface area contributed by atoms with Gasteiger partial charge in [0.15, 0.2) is 0 Å². The van der Waals surface area contributed by atoms with E-state index in [4.69, 9.17) is 14.5 Å². The Morgan fingerprint density at radius 1 is 1.05 bits per heavy atom. The van der Waals surface area contributed by atoms with E-state index in [0.717, 1.165) is 59.6 Å². The maximum atomic E-state index is 12.0. The van der Waals surface area contributed by atoms with Crippen LogP contribution in [0.4, 0.5) is 23.0 Å². The fourth-order valence-electron chi connectivity index (χ4n) is 3.53. The largest absolute Gasteiger partial charge is 0.463 e. The fourth-order valence-corrected chi connectivity index (χ4v) is 4.37. The standard InChI is InChI=1S/C27H29N5O4S/c1-3-36-25(34)13-12-24(33)29-20-6-10-23(11-7-20)37-26-19(2)18-28-27(31-26)30-21-4-8-22(9-5-21)32-14-16-35-17-15-32/h4-13,18H,3,14-17H2,1-2H3,(H,29,33)(H,28,30,31)/b13-12-. The molecule has 0 radical (unpaired) electrons. The molecule has 0 aliphatic carbocycles. The van der Waals surface area contributed by atoms with E-state index >= 15 is 0 Å². The van der Waals surface area contributed by atoms with Gasteiger partial charge in [-0.15, -0.1) is 0 Å². The van der Waals surface area contributed by atoms with E-state index in [0.29, 0.717) is 11.6 Å². The van der Waals surface area contributed by atoms with Gasteiger partial charge in [0.1, 0.15) is 5.03 Å². The number of nitrogens with zero attached hydrogens (tertiary/aromatic N) is 3. The second kappa shape index (κ2) is 12.9. The third-order valence-corrected chi connectivity index (χ3v) is 6.53. The molecule has 1 aliphatic heterocycles. The van der Waals surface area contributed by atoms with Crippen LogP contribution in [0.5, 0.6) is 0 Å². The number of esters is 1. The summed E-state index contributed by atoms with van der Waals surface area (Å²) < 4.78 is 10.2. The number of morpholine rings is 1. The van der Waals surface area contributed by atoms with Crippen molar-refractivity contribution >= 4 is 46.6 Å². The molecule has 10 heteroatoms. The first-order valence-corrected chi connectivity index (χ1v) is 12.8. The number of carbonyl (C=O) groups is 2. The Balaban J connectivity index is 1.35. The number of aromatic nitrogens is 2. The molecule has 0 unspecified atom stereocenters. The summed E-state index contributed by atoms with van der Waals surface area (Å²) in [4.78, 5) is 35.7. The number of anilines is 4. The molecule has 0 bridgehead atoms. The number of carbonyl (C=O) groups excluding carboxylic acids is 2. The number of amides is 1. The summed E-state index contributed by atoms with van der Waals surface area (Å²) in [5, 5.41) is 6.83. The first-order valence-electron chi connectivity index (χ1n) is 12.0. The molecule has 1 fully saturated rings. The van der Waals surface area contributed by atoms with Crippen LogP contribution in [-0.4, -0.2) is 54.8 Å². The lowest BCUT2D eigenvalue weighted by Crippen LogP contribution is -2.36. The van der Waals surface area contributed by atoms with Crippen molar-refractivity contribution in [3.63, 3.8) is 0 Å². The zero-order valence-electron chi connectivity index (χ0n) is 20.8. The Hall–Kier alpha value is -3.89. The van der Waals surface area contributed by atoms with E-state index in [9.17, 15) is 9.59 Å². The molecule has 9 nitrogen and oxygen atoms in total. The molecule has 2 N–H and O–H groups in total. The monoisotopic (exact) mass is 519 g/mol. The minimum Gasteiger partial charge on any atom is -0.463 e. The van der Waals surface area contributed by atoms with Gasteiger partial charge in [-0.3, -0.25) is 4.79 Å². The number of benzene rings is 2. The van der Waals surface area contributed by atoms with Crippen LogP contribution >= 0.6 is 11.8 Å². The molecular weight excluding hydrogens is 490 g/mol. The van der Waals surface area contributed by atoms with Crippen molar-refractivity contribution in [1.82, 2.24) is 9.97 Å². The van der Waals surface area contributed by atoms with Crippen LogP contribution in [-0.2, 0) is 19.1 Å². The van der Waals surface area contributed by atoms with Gasteiger partial charge in [0.25, 0.3) is 0 Å². The molecule has 0 atom stereocenters. The molecule has 0 spiro atoms. The Morgan fingerprint density at radius 3 is 2.46 bits per heavy atom. The molecule has 37 heavy (non-hydrogen) atoms. The van der Waals surface area contributed by atoms with Gasteiger partial charge in [0.2, 0.25) is 11.9 Å². The van der Waals surface area contributed by atoms with E-state index < -0.39 is 11.9 Å². The maximum Gasteiger partial charge on any atom is 0.330 e. The lowest BCUT2D eigenvalue weighted by Gasteiger charge is -2.28. The highest BCUT2D eigenvalue weighted by Gasteiger charge is 2.12. The number of ether oxygens (including phenoxy) is 2. The first-order chi connectivity index (χ1) is 18.0. The Bertz CT molecular complexity index is 1240. The highest BCUT2D eigenvalue weighted by atomic mass is 32.2. The summed E-state index contributed by atoms with van der Waals surface area (Å²) in [6.07, 6.45) is 4.05. The smallest absolute Gasteiger partial charge is 0.330 e. The number of nitrogens with one attached hydrogen (secondary N) is 2. The van der Waals surface area contributed by atoms with Crippen LogP contribution < -0.4 is 15.5 Å². The van der Waals surface area contributed by atoms with Gasteiger partial charge >= 0.3 is 5.97 Å². The lowest BCUT2D eigenvalue weighted by atomic mass is 10.2. The van der Waals surface area contributed by atoms with Crippen LogP contribution in [0, 0.1) is 6.92 Å². The third kappa shape index (κ3) is 7.80. The molecule has 1 aliphatic rings. The van der Waals surface area contributed by atoms with Crippen LogP contribution in [0.3, 0.4) is 0 Å². The van der Waals surface area contributed by atoms with Gasteiger partial charge in [-0.2, -0.15) is 0 Å². The number of rotatable bonds is 9. The SMILES string of the molecule is CCOC(=O)/C=C\C(=O)Nc1ccc(Sc2nc(Nc3ccc(N4CCOCC4)cc3)ncc2C)cc1. The first kappa shape index (κ1) is 26.2. The quantitative estimate of drug-likeness (QED) is 0.239. The summed E-state index contributed by atoms with van der Waals surface area (Å²) in [6.45, 7) is 7.23. The summed E-state index contributed by atoms with van der Waals surface area (Å²) in [7, 11) is 0. The molecular formula is C27H29N5O4S. The Morgan fingerprint density at radius 2 is 1.76 bits per heavy atom. The van der Waals surface area contributed by atoms with E-state index in [1.165, 1.54) is 17.4 Å². The zero-order valence-corrected chi connectivity index (χ0v) is 21.6. The van der Waals surface area contributed by atoms with Gasteiger partial charge in [0.05, 0.1) is 19.8 Å². The molecule has 1 amide bonds. The van der Waals surface area contributed by atoms with Gasteiger partial charge in [-0.05, 0) is 62.4 Å². The predicted octanol–water partition coefficient (Wildman–Crippen LogP) is 4.57. The van der Waals surface area contributed by atoms with Gasteiger partial charge in [-0.25, -0.2) is 14.8 Å². The molecule has 2 heterocycles. The Kier molecular flexibility index (Phi) is 9.12. The van der Waals surface area contributed by atoms with Crippen molar-refractivity contribution in [1.29, 1.82) is 0 Å². The molecule has 192 valence electrons. The maximum absolute atomic E-state index is 12.0. The van der Waals surface area contributed by atoms with Crippen molar-refractivity contribution in [2.75, 3.05) is 48.4 Å². The molecule has 3 aromatic rings. The van der Waals surface area contributed by atoms with E-state index in [2.05, 4.69) is 32.7 Å². The normalized spacial score (nSPS) is 13.4. The number of aryl methyl sites for hydroxylation is 1. The average molecular weight is 520 g/mol. The predicted molar refractivity (Wildman–Crippen MR) is 144 cm³/mol. The average Bonchev–Trinajstić information content (AvgIpc) is 2.92. The third-order valence-electron chi connectivity index (χ3n) is 5.42. The van der Waals surface area contributed by atoms with E-state index in [-0.39, 0.29) is 6.61 Å². The van der Waals surface area contributed by atoms with Crippen molar-refractivity contribution in [3.05, 3.63) is 72.4 Å². The van der Waals surface area contributed by atoms with Crippen molar-refractivity contribution in [3.8, 4) is 0 Å². The van der Waals surface area contributed by atoms with Crippen molar-refractivity contribution in [2.45, 2.75) is 23.8 Å². The second-order valence-electron chi connectivity index (χ2n) is 8.15. The van der Waals surface area contributed by atoms with Gasteiger partial charge in [0, 0.05) is 59.0 Å². The van der Waals surface area contributed by atoms with Crippen LogP contribution in [0.15, 0.2) is 76.8 Å². The van der Waals surface area contributed by atoms with Crippen LogP contribution in [0.2, 0.25) is 0 Å². The summed E-state index contributed by atoms with van der Waals surface area (Å²) in [5.74, 6) is -0.443. The van der Waals surface area contributed by atoms with E-state index in [1.54, 1.807) is 25.3 Å². The van der Waals surface area contributed by atoms with Gasteiger partial charge in [-0.1, -0.05) is 11.8 Å². The molecule has 4 rings (SSSR count). The van der Waals surface area contributed by atoms with Crippen molar-refractivity contribution < 1.29 is 19.1 Å². The molecule has 1 saturated heterocycles. The summed E-state index contributed by atoms with van der Waals surface area (Å²) >= 11 is 1.51. The zero-order chi connectivity index (χ0) is 26.0. The molecule has 2 aromatic carbocycles. The highest BCUT2D eigenvalue weighted by Crippen LogP contribution is 2.30. The van der Waals surface area contributed by atoms with E-state index in [1.807, 2.05) is 31.2 Å². The molecule has 1 aromatic heterocycles. The topological polar surface area (TPSA) is 106 Å². The van der Waals surface area contributed by atoms with Crippen LogP contribution in [0.1, 0.15) is 12.5 Å². The highest BCUT2D eigenvalue weighted by molar-refractivity contribution is 7.99. The second-order valence-corrected chi connectivity index (χ2v) is 9.22. The fraction of sp³-hybridized carbons (Fsp3) is 0.259. The Labute approximate surface area is 220 Å². The minimum atomic E-state index is -0.552. The minimum absolute atomic E-state index is 0.260. The summed E-state index contributed by atoms with van der Waals surface area (Å²) in [6, 6.07) is 15.6.